The van der Waals surface area contributed by atoms with Gasteiger partial charge in [0.15, 0.2) is 0 Å². The van der Waals surface area contributed by atoms with Gasteiger partial charge < -0.3 is 10.2 Å². The number of nitrogens with one attached hydrogen (secondary N) is 1. The van der Waals surface area contributed by atoms with E-state index in [4.69, 9.17) is 0 Å². The van der Waals surface area contributed by atoms with Gasteiger partial charge in [-0.15, -0.1) is 0 Å². The quantitative estimate of drug-likeness (QED) is 0.934. The van der Waals surface area contributed by atoms with Crippen LogP contribution in [0.1, 0.15) is 29.8 Å². The minimum atomic E-state index is -0.0689. The van der Waals surface area contributed by atoms with Crippen LogP contribution in [0.3, 0.4) is 0 Å². The molecule has 1 aromatic carbocycles. The second-order valence-electron chi connectivity index (χ2n) is 5.58. The Morgan fingerprint density at radius 2 is 2.14 bits per heavy atom. The highest BCUT2D eigenvalue weighted by molar-refractivity contribution is 5.93. The molecule has 2 aromatic rings. The summed E-state index contributed by atoms with van der Waals surface area (Å²) < 4.78 is 0. The van der Waals surface area contributed by atoms with Gasteiger partial charge in [-0.05, 0) is 31.5 Å². The van der Waals surface area contributed by atoms with Crippen LogP contribution in [0.5, 0.6) is 0 Å². The maximum Gasteiger partial charge on any atom is 0.273 e. The molecule has 2 heterocycles. The number of piperidine rings is 1. The Labute approximate surface area is 124 Å². The summed E-state index contributed by atoms with van der Waals surface area (Å²) in [6, 6.07) is 7.98. The number of hydrogen-bond acceptors (Lipinski definition) is 4. The maximum absolute atomic E-state index is 12.5. The van der Waals surface area contributed by atoms with Gasteiger partial charge in [0.1, 0.15) is 5.69 Å². The number of para-hydroxylation sites is 2. The Morgan fingerprint density at radius 1 is 1.33 bits per heavy atom. The molecule has 1 saturated heterocycles. The predicted molar refractivity (Wildman–Crippen MR) is 82.1 cm³/mol. The first-order valence-corrected chi connectivity index (χ1v) is 7.44. The van der Waals surface area contributed by atoms with Crippen LogP contribution >= 0.6 is 0 Å². The number of amides is 1. The molecule has 0 spiro atoms. The Kier molecular flexibility index (Phi) is 4.10. The van der Waals surface area contributed by atoms with Crippen LogP contribution in [0.15, 0.2) is 30.5 Å². The first-order chi connectivity index (χ1) is 10.2. The SMILES string of the molecule is CN(CC1CCCCN1)C(=O)c1cnc2ccccc2n1. The predicted octanol–water partition coefficient (Wildman–Crippen LogP) is 1.84. The van der Waals surface area contributed by atoms with Crippen molar-refractivity contribution in [1.29, 1.82) is 0 Å². The van der Waals surface area contributed by atoms with E-state index in [1.165, 1.54) is 12.8 Å². The van der Waals surface area contributed by atoms with Crippen molar-refractivity contribution in [2.45, 2.75) is 25.3 Å². The molecule has 0 radical (unpaired) electrons. The van der Waals surface area contributed by atoms with Crippen molar-refractivity contribution in [3.05, 3.63) is 36.2 Å². The molecule has 1 N–H and O–H groups in total. The number of carbonyl (C=O) groups excluding carboxylic acids is 1. The Bertz CT molecular complexity index is 637. The molecule has 1 atom stereocenters. The lowest BCUT2D eigenvalue weighted by atomic mass is 10.0. The topological polar surface area (TPSA) is 58.1 Å². The molecule has 1 aliphatic heterocycles. The summed E-state index contributed by atoms with van der Waals surface area (Å²) in [5.41, 5.74) is 1.98. The van der Waals surface area contributed by atoms with Crippen molar-refractivity contribution in [2.24, 2.45) is 0 Å². The third-order valence-corrected chi connectivity index (χ3v) is 3.92. The largest absolute Gasteiger partial charge is 0.339 e. The second kappa shape index (κ2) is 6.18. The number of carbonyl (C=O) groups is 1. The minimum absolute atomic E-state index is 0.0689. The van der Waals surface area contributed by atoms with Gasteiger partial charge in [0.05, 0.1) is 17.2 Å². The summed E-state index contributed by atoms with van der Waals surface area (Å²) in [4.78, 5) is 22.9. The molecule has 5 heteroatoms. The fourth-order valence-electron chi connectivity index (χ4n) is 2.75. The van der Waals surface area contributed by atoms with Crippen LogP contribution in [0.25, 0.3) is 11.0 Å². The van der Waals surface area contributed by atoms with Crippen LogP contribution in [0.4, 0.5) is 0 Å². The molecule has 3 rings (SSSR count). The lowest BCUT2D eigenvalue weighted by molar-refractivity contribution is 0.0769. The van der Waals surface area contributed by atoms with E-state index in [0.717, 1.165) is 24.0 Å². The summed E-state index contributed by atoms with van der Waals surface area (Å²) in [6.07, 6.45) is 5.15. The molecule has 1 amide bonds. The summed E-state index contributed by atoms with van der Waals surface area (Å²) >= 11 is 0. The average Bonchev–Trinajstić information content (AvgIpc) is 2.54. The summed E-state index contributed by atoms with van der Waals surface area (Å²) in [5.74, 6) is -0.0689. The van der Waals surface area contributed by atoms with Gasteiger partial charge in [-0.1, -0.05) is 18.6 Å². The summed E-state index contributed by atoms with van der Waals surface area (Å²) in [5, 5.41) is 3.46. The molecule has 1 aliphatic rings. The smallest absolute Gasteiger partial charge is 0.273 e. The molecule has 1 fully saturated rings. The zero-order valence-corrected chi connectivity index (χ0v) is 12.2. The molecule has 1 unspecified atom stereocenters. The number of hydrogen-bond donors (Lipinski definition) is 1. The number of rotatable bonds is 3. The third kappa shape index (κ3) is 3.19. The van der Waals surface area contributed by atoms with Crippen molar-refractivity contribution in [1.82, 2.24) is 20.2 Å². The first-order valence-electron chi connectivity index (χ1n) is 7.44. The van der Waals surface area contributed by atoms with Gasteiger partial charge in [0, 0.05) is 19.6 Å². The molecule has 1 aromatic heterocycles. The fraction of sp³-hybridized carbons (Fsp3) is 0.438. The van der Waals surface area contributed by atoms with E-state index in [0.29, 0.717) is 18.3 Å². The molecule has 110 valence electrons. The van der Waals surface area contributed by atoms with Crippen molar-refractivity contribution >= 4 is 16.9 Å². The Morgan fingerprint density at radius 3 is 2.90 bits per heavy atom. The zero-order valence-electron chi connectivity index (χ0n) is 12.2. The van der Waals surface area contributed by atoms with E-state index in [9.17, 15) is 4.79 Å². The highest BCUT2D eigenvalue weighted by Gasteiger charge is 2.19. The summed E-state index contributed by atoms with van der Waals surface area (Å²) in [6.45, 7) is 1.76. The van der Waals surface area contributed by atoms with Crippen molar-refractivity contribution < 1.29 is 4.79 Å². The number of aromatic nitrogens is 2. The second-order valence-corrected chi connectivity index (χ2v) is 5.58. The molecular formula is C16H20N4O. The van der Waals surface area contributed by atoms with E-state index in [1.807, 2.05) is 31.3 Å². The minimum Gasteiger partial charge on any atom is -0.339 e. The van der Waals surface area contributed by atoms with E-state index in [-0.39, 0.29) is 5.91 Å². The van der Waals surface area contributed by atoms with Crippen LogP contribution in [-0.2, 0) is 0 Å². The molecule has 5 nitrogen and oxygen atoms in total. The van der Waals surface area contributed by atoms with Gasteiger partial charge >= 0.3 is 0 Å². The number of likely N-dealkylation sites (N-methyl/N-ethyl adjacent to an activating group) is 1. The van der Waals surface area contributed by atoms with Crippen LogP contribution in [-0.4, -0.2) is 47.0 Å². The zero-order chi connectivity index (χ0) is 14.7. The first kappa shape index (κ1) is 13.9. The lowest BCUT2D eigenvalue weighted by Gasteiger charge is -2.28. The monoisotopic (exact) mass is 284 g/mol. The van der Waals surface area contributed by atoms with E-state index in [1.54, 1.807) is 11.1 Å². The number of benzene rings is 1. The van der Waals surface area contributed by atoms with Crippen molar-refractivity contribution in [2.75, 3.05) is 20.1 Å². The fourth-order valence-corrected chi connectivity index (χ4v) is 2.75. The highest BCUT2D eigenvalue weighted by Crippen LogP contribution is 2.12. The molecule has 0 aliphatic carbocycles. The molecule has 21 heavy (non-hydrogen) atoms. The number of nitrogens with zero attached hydrogens (tertiary/aromatic N) is 3. The van der Waals surface area contributed by atoms with Gasteiger partial charge in [-0.25, -0.2) is 4.98 Å². The molecule has 0 saturated carbocycles. The maximum atomic E-state index is 12.5. The Balaban J connectivity index is 1.72. The summed E-state index contributed by atoms with van der Waals surface area (Å²) in [7, 11) is 1.83. The van der Waals surface area contributed by atoms with Crippen LogP contribution in [0.2, 0.25) is 0 Å². The van der Waals surface area contributed by atoms with Crippen LogP contribution in [0, 0.1) is 0 Å². The number of fused-ring (bicyclic) bond motifs is 1. The van der Waals surface area contributed by atoms with Gasteiger partial charge in [-0.3, -0.25) is 9.78 Å². The van der Waals surface area contributed by atoms with Gasteiger partial charge in [-0.2, -0.15) is 0 Å². The van der Waals surface area contributed by atoms with E-state index >= 15 is 0 Å². The van der Waals surface area contributed by atoms with Gasteiger partial charge in [0.25, 0.3) is 5.91 Å². The Hall–Kier alpha value is -2.01. The third-order valence-electron chi connectivity index (χ3n) is 3.92. The average molecular weight is 284 g/mol. The van der Waals surface area contributed by atoms with Crippen LogP contribution < -0.4 is 5.32 Å². The van der Waals surface area contributed by atoms with Crippen molar-refractivity contribution in [3.63, 3.8) is 0 Å². The normalized spacial score (nSPS) is 18.6. The van der Waals surface area contributed by atoms with Crippen molar-refractivity contribution in [3.8, 4) is 0 Å². The lowest BCUT2D eigenvalue weighted by Crippen LogP contribution is -2.44. The van der Waals surface area contributed by atoms with E-state index < -0.39 is 0 Å². The molecule has 0 bridgehead atoms. The standard InChI is InChI=1S/C16H20N4O/c1-20(11-12-6-4-5-9-17-12)16(21)15-10-18-13-7-2-3-8-14(13)19-15/h2-3,7-8,10,12,17H,4-6,9,11H2,1H3. The van der Waals surface area contributed by atoms with E-state index in [2.05, 4.69) is 15.3 Å². The molecular weight excluding hydrogens is 264 g/mol. The highest BCUT2D eigenvalue weighted by atomic mass is 16.2. The van der Waals surface area contributed by atoms with Gasteiger partial charge in [0.2, 0.25) is 0 Å².